The van der Waals surface area contributed by atoms with Crippen LogP contribution in [0.2, 0.25) is 0 Å². The fourth-order valence-electron chi connectivity index (χ4n) is 3.95. The highest BCUT2D eigenvalue weighted by molar-refractivity contribution is 7.13. The van der Waals surface area contributed by atoms with Crippen molar-refractivity contribution in [3.63, 3.8) is 0 Å². The first-order valence-corrected chi connectivity index (χ1v) is 12.5. The number of nitrogens with one attached hydrogen (secondary N) is 2. The third-order valence-corrected chi connectivity index (χ3v) is 6.86. The quantitative estimate of drug-likeness (QED) is 0.549. The number of methoxy groups -OCH3 is 1. The van der Waals surface area contributed by atoms with E-state index >= 15 is 0 Å². The molecule has 5 rings (SSSR count). The molecule has 1 aromatic carbocycles. The smallest absolute Gasteiger partial charge is 0.269 e. The SMILES string of the molecule is COCC1(Oc2cc(OC3=CC=C(C(=O)N4CCC4)NC3C)cc(C(=O)Nc3nccs3)c2)CC1. The number of thiazole rings is 1. The van der Waals surface area contributed by atoms with Crippen molar-refractivity contribution < 1.29 is 23.8 Å². The molecule has 3 aliphatic rings. The number of likely N-dealkylation sites (tertiary alicyclic amines) is 1. The van der Waals surface area contributed by atoms with Crippen LogP contribution in [0.4, 0.5) is 5.13 Å². The summed E-state index contributed by atoms with van der Waals surface area (Å²) in [5.74, 6) is 1.32. The lowest BCUT2D eigenvalue weighted by molar-refractivity contribution is -0.130. The van der Waals surface area contributed by atoms with Gasteiger partial charge in [-0.3, -0.25) is 14.9 Å². The van der Waals surface area contributed by atoms with Crippen LogP contribution in [0.15, 0.2) is 53.4 Å². The zero-order chi connectivity index (χ0) is 24.4. The van der Waals surface area contributed by atoms with Gasteiger partial charge in [0.05, 0.1) is 12.6 Å². The summed E-state index contributed by atoms with van der Waals surface area (Å²) < 4.78 is 17.7. The van der Waals surface area contributed by atoms with Crippen molar-refractivity contribution in [2.24, 2.45) is 0 Å². The van der Waals surface area contributed by atoms with Crippen LogP contribution in [0, 0.1) is 0 Å². The van der Waals surface area contributed by atoms with Gasteiger partial charge in [0.25, 0.3) is 11.8 Å². The fraction of sp³-hybridized carbons (Fsp3) is 0.400. The van der Waals surface area contributed by atoms with Crippen LogP contribution in [0.3, 0.4) is 0 Å². The molecule has 2 aromatic rings. The van der Waals surface area contributed by atoms with Crippen molar-refractivity contribution in [3.8, 4) is 11.5 Å². The number of carbonyl (C=O) groups is 2. The third kappa shape index (κ3) is 5.33. The van der Waals surface area contributed by atoms with Gasteiger partial charge in [0.15, 0.2) is 5.13 Å². The molecule has 184 valence electrons. The highest BCUT2D eigenvalue weighted by Gasteiger charge is 2.46. The number of anilines is 1. The molecule has 1 unspecified atom stereocenters. The van der Waals surface area contributed by atoms with Gasteiger partial charge in [-0.1, -0.05) is 0 Å². The van der Waals surface area contributed by atoms with E-state index in [1.54, 1.807) is 49.0 Å². The molecule has 2 amide bonds. The van der Waals surface area contributed by atoms with Gasteiger partial charge in [0.2, 0.25) is 0 Å². The maximum atomic E-state index is 12.9. The maximum absolute atomic E-state index is 12.9. The molecular formula is C25H28N4O5S. The number of nitrogens with zero attached hydrogens (tertiary/aromatic N) is 2. The Balaban J connectivity index is 1.38. The molecule has 1 atom stereocenters. The topological polar surface area (TPSA) is 102 Å². The fourth-order valence-corrected chi connectivity index (χ4v) is 4.47. The minimum atomic E-state index is -0.371. The number of aromatic nitrogens is 1. The number of amides is 2. The molecule has 2 aliphatic heterocycles. The molecule has 2 fully saturated rings. The Bertz CT molecular complexity index is 1170. The Kier molecular flexibility index (Phi) is 6.48. The van der Waals surface area contributed by atoms with Crippen LogP contribution in [-0.4, -0.2) is 60.1 Å². The summed E-state index contributed by atoms with van der Waals surface area (Å²) in [6, 6.07) is 4.92. The van der Waals surface area contributed by atoms with Crippen LogP contribution >= 0.6 is 11.3 Å². The van der Waals surface area contributed by atoms with Crippen LogP contribution < -0.4 is 20.1 Å². The lowest BCUT2D eigenvalue weighted by atomic mass is 10.1. The van der Waals surface area contributed by atoms with Gasteiger partial charge in [-0.05, 0) is 50.5 Å². The largest absolute Gasteiger partial charge is 0.485 e. The van der Waals surface area contributed by atoms with E-state index in [1.165, 1.54) is 11.3 Å². The minimum Gasteiger partial charge on any atom is -0.485 e. The Morgan fingerprint density at radius 1 is 1.23 bits per heavy atom. The van der Waals surface area contributed by atoms with Gasteiger partial charge in [-0.2, -0.15) is 0 Å². The molecule has 0 bridgehead atoms. The van der Waals surface area contributed by atoms with Crippen molar-refractivity contribution in [1.82, 2.24) is 15.2 Å². The highest BCUT2D eigenvalue weighted by atomic mass is 32.1. The Morgan fingerprint density at radius 3 is 2.66 bits per heavy atom. The Labute approximate surface area is 207 Å². The van der Waals surface area contributed by atoms with Crippen LogP contribution in [-0.2, 0) is 9.53 Å². The number of carbonyl (C=O) groups excluding carboxylic acids is 2. The second-order valence-electron chi connectivity index (χ2n) is 8.97. The summed E-state index contributed by atoms with van der Waals surface area (Å²) in [5.41, 5.74) is 0.576. The van der Waals surface area contributed by atoms with E-state index in [4.69, 9.17) is 14.2 Å². The van der Waals surface area contributed by atoms with Gasteiger partial charge in [-0.15, -0.1) is 11.3 Å². The van der Waals surface area contributed by atoms with E-state index in [1.807, 2.05) is 11.8 Å². The third-order valence-electron chi connectivity index (χ3n) is 6.17. The molecule has 1 aliphatic carbocycles. The van der Waals surface area contributed by atoms with Crippen LogP contribution in [0.5, 0.6) is 11.5 Å². The summed E-state index contributed by atoms with van der Waals surface area (Å²) in [5, 5.41) is 8.34. The lowest BCUT2D eigenvalue weighted by Gasteiger charge is -2.33. The number of hydrogen-bond acceptors (Lipinski definition) is 8. The first kappa shape index (κ1) is 23.4. The van der Waals surface area contributed by atoms with E-state index in [2.05, 4.69) is 15.6 Å². The van der Waals surface area contributed by atoms with E-state index < -0.39 is 0 Å². The van der Waals surface area contributed by atoms with E-state index in [0.29, 0.717) is 40.3 Å². The highest BCUT2D eigenvalue weighted by Crippen LogP contribution is 2.41. The average Bonchev–Trinajstić information content (AvgIpc) is 3.34. The predicted molar refractivity (Wildman–Crippen MR) is 132 cm³/mol. The number of hydrogen-bond donors (Lipinski definition) is 2. The van der Waals surface area contributed by atoms with Crippen LogP contribution in [0.25, 0.3) is 0 Å². The maximum Gasteiger partial charge on any atom is 0.269 e. The Hall–Kier alpha value is -3.37. The van der Waals surface area contributed by atoms with Gasteiger partial charge in [0.1, 0.15) is 28.6 Å². The molecule has 0 spiro atoms. The van der Waals surface area contributed by atoms with Gasteiger partial charge >= 0.3 is 0 Å². The minimum absolute atomic E-state index is 0.00261. The van der Waals surface area contributed by atoms with Gasteiger partial charge in [-0.25, -0.2) is 4.98 Å². The number of dihydropyridines is 1. The van der Waals surface area contributed by atoms with Crippen LogP contribution in [0.1, 0.15) is 36.5 Å². The summed E-state index contributed by atoms with van der Waals surface area (Å²) in [4.78, 5) is 31.4. The lowest BCUT2D eigenvalue weighted by Crippen LogP contribution is -2.47. The number of allylic oxidation sites excluding steroid dienone is 2. The molecule has 1 aromatic heterocycles. The molecule has 2 N–H and O–H groups in total. The van der Waals surface area contributed by atoms with E-state index in [0.717, 1.165) is 32.4 Å². The summed E-state index contributed by atoms with van der Waals surface area (Å²) in [7, 11) is 1.65. The average molecular weight is 497 g/mol. The predicted octanol–water partition coefficient (Wildman–Crippen LogP) is 3.32. The number of benzene rings is 1. The summed E-state index contributed by atoms with van der Waals surface area (Å²) in [6.45, 7) is 3.99. The van der Waals surface area contributed by atoms with E-state index in [9.17, 15) is 9.59 Å². The van der Waals surface area contributed by atoms with Crippen molar-refractivity contribution in [3.05, 3.63) is 58.9 Å². The second kappa shape index (κ2) is 9.71. The zero-order valence-electron chi connectivity index (χ0n) is 19.7. The molecule has 35 heavy (non-hydrogen) atoms. The molecule has 3 heterocycles. The standard InChI is InChI=1S/C25H28N4O5S/c1-16-21(5-4-20(27-16)23(31)29-9-3-10-29)33-18-12-17(22(30)28-24-26-8-11-35-24)13-19(14-18)34-25(6-7-25)15-32-2/h4-5,8,11-14,16,27H,3,6-7,9-10,15H2,1-2H3,(H,26,28,30). The van der Waals surface area contributed by atoms with Gasteiger partial charge < -0.3 is 24.4 Å². The summed E-state index contributed by atoms with van der Waals surface area (Å²) >= 11 is 1.34. The molecule has 0 radical (unpaired) electrons. The van der Waals surface area contributed by atoms with Crippen molar-refractivity contribution >= 4 is 28.3 Å². The molecule has 1 saturated carbocycles. The number of ether oxygens (including phenoxy) is 3. The van der Waals surface area contributed by atoms with Crippen molar-refractivity contribution in [2.45, 2.75) is 37.8 Å². The Morgan fingerprint density at radius 2 is 2.03 bits per heavy atom. The molecular weight excluding hydrogens is 468 g/mol. The second-order valence-corrected chi connectivity index (χ2v) is 9.86. The zero-order valence-corrected chi connectivity index (χ0v) is 20.5. The van der Waals surface area contributed by atoms with Crippen molar-refractivity contribution in [2.75, 3.05) is 32.1 Å². The van der Waals surface area contributed by atoms with Gasteiger partial charge in [0, 0.05) is 43.4 Å². The first-order chi connectivity index (χ1) is 16.9. The monoisotopic (exact) mass is 496 g/mol. The normalized spacial score (nSPS) is 20.1. The molecule has 10 heteroatoms. The molecule has 9 nitrogen and oxygen atoms in total. The summed E-state index contributed by atoms with van der Waals surface area (Å²) in [6.07, 6.45) is 7.98. The number of rotatable bonds is 9. The first-order valence-electron chi connectivity index (χ1n) is 11.6. The molecule has 1 saturated heterocycles. The van der Waals surface area contributed by atoms with E-state index in [-0.39, 0.29) is 23.5 Å². The van der Waals surface area contributed by atoms with Crippen molar-refractivity contribution in [1.29, 1.82) is 0 Å².